The number of piperidine rings is 1. The van der Waals surface area contributed by atoms with Crippen molar-refractivity contribution in [2.75, 3.05) is 26.2 Å². The molecule has 0 unspecified atom stereocenters. The van der Waals surface area contributed by atoms with E-state index < -0.39 is 0 Å². The summed E-state index contributed by atoms with van der Waals surface area (Å²) in [5.74, 6) is 0.658. The minimum Gasteiger partial charge on any atom is -0.484 e. The third-order valence-corrected chi connectivity index (χ3v) is 5.56. The number of carbonyl (C=O) groups excluding carboxylic acids is 1. The van der Waals surface area contributed by atoms with Crippen LogP contribution in [-0.2, 0) is 4.79 Å². The molecule has 1 saturated heterocycles. The molecule has 3 rings (SSSR count). The van der Waals surface area contributed by atoms with Gasteiger partial charge in [0.15, 0.2) is 6.61 Å². The summed E-state index contributed by atoms with van der Waals surface area (Å²) in [5, 5.41) is 5.16. The number of carbonyl (C=O) groups is 1. The number of likely N-dealkylation sites (tertiary alicyclic amines) is 1. The zero-order valence-electron chi connectivity index (χ0n) is 14.7. The van der Waals surface area contributed by atoms with E-state index in [0.29, 0.717) is 6.54 Å². The van der Waals surface area contributed by atoms with Gasteiger partial charge in [0.25, 0.3) is 5.91 Å². The third kappa shape index (κ3) is 5.31. The predicted octanol–water partition coefficient (Wildman–Crippen LogP) is 3.78. The first-order chi connectivity index (χ1) is 12.2. The molecule has 0 saturated carbocycles. The van der Waals surface area contributed by atoms with E-state index in [-0.39, 0.29) is 18.6 Å². The first-order valence-electron chi connectivity index (χ1n) is 8.96. The van der Waals surface area contributed by atoms with E-state index in [4.69, 9.17) is 4.74 Å². The molecule has 1 aliphatic heterocycles. The fraction of sp³-hybridized carbons (Fsp3) is 0.450. The lowest BCUT2D eigenvalue weighted by molar-refractivity contribution is -0.123. The van der Waals surface area contributed by atoms with Crippen molar-refractivity contribution in [2.24, 2.45) is 0 Å². The summed E-state index contributed by atoms with van der Waals surface area (Å²) in [4.78, 5) is 16.0. The Morgan fingerprint density at radius 2 is 1.96 bits per heavy atom. The molecule has 1 N–H and O–H groups in total. The summed E-state index contributed by atoms with van der Waals surface area (Å²) in [6, 6.07) is 12.3. The third-order valence-electron chi connectivity index (χ3n) is 4.59. The second kappa shape index (κ2) is 9.02. The first kappa shape index (κ1) is 18.0. The Labute approximate surface area is 153 Å². The number of ether oxygens (including phenoxy) is 1. The molecule has 2 aromatic rings. The molecule has 0 radical (unpaired) electrons. The molecule has 0 bridgehead atoms. The number of nitrogens with one attached hydrogen (secondary N) is 1. The topological polar surface area (TPSA) is 41.6 Å². The van der Waals surface area contributed by atoms with Crippen molar-refractivity contribution in [3.63, 3.8) is 0 Å². The summed E-state index contributed by atoms with van der Waals surface area (Å²) in [6.45, 7) is 4.94. The molecule has 134 valence electrons. The van der Waals surface area contributed by atoms with Crippen molar-refractivity contribution >= 4 is 17.2 Å². The van der Waals surface area contributed by atoms with Gasteiger partial charge in [0, 0.05) is 11.4 Å². The van der Waals surface area contributed by atoms with E-state index >= 15 is 0 Å². The van der Waals surface area contributed by atoms with Crippen LogP contribution in [0.2, 0.25) is 0 Å². The SMILES string of the molecule is Cc1ccc(OCC(=O)NC[C@H](c2cccs2)N2CCCCC2)cc1. The van der Waals surface area contributed by atoms with Crippen LogP contribution in [0.15, 0.2) is 41.8 Å². The molecular formula is C20H26N2O2S. The molecule has 1 fully saturated rings. The van der Waals surface area contributed by atoms with Crippen LogP contribution in [0.4, 0.5) is 0 Å². The summed E-state index contributed by atoms with van der Waals surface area (Å²) < 4.78 is 5.57. The molecule has 5 heteroatoms. The van der Waals surface area contributed by atoms with Crippen LogP contribution in [0, 0.1) is 6.92 Å². The van der Waals surface area contributed by atoms with E-state index in [9.17, 15) is 4.79 Å². The number of aryl methyl sites for hydroxylation is 1. The van der Waals surface area contributed by atoms with Crippen LogP contribution < -0.4 is 10.1 Å². The van der Waals surface area contributed by atoms with Crippen molar-refractivity contribution in [1.29, 1.82) is 0 Å². The molecule has 4 nitrogen and oxygen atoms in total. The summed E-state index contributed by atoms with van der Waals surface area (Å²) in [5.41, 5.74) is 1.18. The Balaban J connectivity index is 1.51. The van der Waals surface area contributed by atoms with Gasteiger partial charge in [0.05, 0.1) is 6.04 Å². The largest absolute Gasteiger partial charge is 0.484 e. The fourth-order valence-corrected chi connectivity index (χ4v) is 4.03. The number of nitrogens with zero attached hydrogens (tertiary/aromatic N) is 1. The fourth-order valence-electron chi connectivity index (χ4n) is 3.17. The molecule has 25 heavy (non-hydrogen) atoms. The Hall–Kier alpha value is -1.85. The van der Waals surface area contributed by atoms with Crippen molar-refractivity contribution < 1.29 is 9.53 Å². The summed E-state index contributed by atoms with van der Waals surface area (Å²) in [6.07, 6.45) is 3.79. The maximum atomic E-state index is 12.2. The number of benzene rings is 1. The minimum absolute atomic E-state index is 0.0558. The highest BCUT2D eigenvalue weighted by Crippen LogP contribution is 2.27. The Morgan fingerprint density at radius 1 is 1.20 bits per heavy atom. The first-order valence-corrected chi connectivity index (χ1v) is 9.84. The minimum atomic E-state index is -0.0702. The van der Waals surface area contributed by atoms with Gasteiger partial charge in [-0.05, 0) is 56.4 Å². The van der Waals surface area contributed by atoms with E-state index in [2.05, 4.69) is 27.7 Å². The van der Waals surface area contributed by atoms with Crippen molar-refractivity contribution in [2.45, 2.75) is 32.2 Å². The van der Waals surface area contributed by atoms with Crippen molar-refractivity contribution in [1.82, 2.24) is 10.2 Å². The monoisotopic (exact) mass is 358 g/mol. The predicted molar refractivity (Wildman–Crippen MR) is 102 cm³/mol. The van der Waals surface area contributed by atoms with Crippen LogP contribution in [0.5, 0.6) is 5.75 Å². The van der Waals surface area contributed by atoms with Gasteiger partial charge in [0.2, 0.25) is 0 Å². The summed E-state index contributed by atoms with van der Waals surface area (Å²) >= 11 is 1.76. The number of rotatable bonds is 7. The molecular weight excluding hydrogens is 332 g/mol. The second-order valence-corrected chi connectivity index (χ2v) is 7.51. The van der Waals surface area contributed by atoms with Crippen LogP contribution in [0.1, 0.15) is 35.7 Å². The van der Waals surface area contributed by atoms with Crippen molar-refractivity contribution in [3.05, 3.63) is 52.2 Å². The highest BCUT2D eigenvalue weighted by Gasteiger charge is 2.23. The normalized spacial score (nSPS) is 16.4. The van der Waals surface area contributed by atoms with E-state index in [1.807, 2.05) is 31.2 Å². The molecule has 2 heterocycles. The van der Waals surface area contributed by atoms with Gasteiger partial charge in [-0.15, -0.1) is 11.3 Å². The number of thiophene rings is 1. The number of hydrogen-bond acceptors (Lipinski definition) is 4. The van der Waals surface area contributed by atoms with E-state index in [1.54, 1.807) is 11.3 Å². The highest BCUT2D eigenvalue weighted by molar-refractivity contribution is 7.10. The van der Waals surface area contributed by atoms with Gasteiger partial charge < -0.3 is 10.1 Å². The molecule has 1 aliphatic rings. The van der Waals surface area contributed by atoms with E-state index in [1.165, 1.54) is 29.7 Å². The molecule has 1 amide bonds. The number of hydrogen-bond donors (Lipinski definition) is 1. The number of amides is 1. The standard InChI is InChI=1S/C20H26N2O2S/c1-16-7-9-17(10-8-16)24-15-20(23)21-14-18(19-6-5-13-25-19)22-11-3-2-4-12-22/h5-10,13,18H,2-4,11-12,14-15H2,1H3,(H,21,23)/t18-/m1/s1. The molecule has 0 spiro atoms. The van der Waals surface area contributed by atoms with Crippen LogP contribution in [0.3, 0.4) is 0 Å². The molecule has 0 aliphatic carbocycles. The van der Waals surface area contributed by atoms with Crippen molar-refractivity contribution in [3.8, 4) is 5.75 Å². The average molecular weight is 359 g/mol. The smallest absolute Gasteiger partial charge is 0.258 e. The molecule has 1 atom stereocenters. The lowest BCUT2D eigenvalue weighted by Crippen LogP contribution is -2.41. The maximum Gasteiger partial charge on any atom is 0.258 e. The maximum absolute atomic E-state index is 12.2. The Bertz CT molecular complexity index is 649. The lowest BCUT2D eigenvalue weighted by atomic mass is 10.1. The van der Waals surface area contributed by atoms with Crippen LogP contribution in [-0.4, -0.2) is 37.0 Å². The van der Waals surface area contributed by atoms with Gasteiger partial charge in [-0.1, -0.05) is 30.2 Å². The Morgan fingerprint density at radius 3 is 2.64 bits per heavy atom. The van der Waals surface area contributed by atoms with Gasteiger partial charge in [-0.25, -0.2) is 0 Å². The second-order valence-electron chi connectivity index (χ2n) is 6.53. The van der Waals surface area contributed by atoms with Crippen LogP contribution >= 0.6 is 11.3 Å². The van der Waals surface area contributed by atoms with Gasteiger partial charge in [0.1, 0.15) is 5.75 Å². The van der Waals surface area contributed by atoms with E-state index in [0.717, 1.165) is 18.8 Å². The van der Waals surface area contributed by atoms with Gasteiger partial charge in [-0.2, -0.15) is 0 Å². The summed E-state index contributed by atoms with van der Waals surface area (Å²) in [7, 11) is 0. The zero-order chi connectivity index (χ0) is 17.5. The van der Waals surface area contributed by atoms with Gasteiger partial charge in [-0.3, -0.25) is 9.69 Å². The highest BCUT2D eigenvalue weighted by atomic mass is 32.1. The Kier molecular flexibility index (Phi) is 6.48. The average Bonchev–Trinajstić information content (AvgIpc) is 3.17. The molecule has 1 aromatic carbocycles. The zero-order valence-corrected chi connectivity index (χ0v) is 15.6. The quantitative estimate of drug-likeness (QED) is 0.819. The lowest BCUT2D eigenvalue weighted by Gasteiger charge is -2.34. The van der Waals surface area contributed by atoms with Gasteiger partial charge >= 0.3 is 0 Å². The van der Waals surface area contributed by atoms with Crippen LogP contribution in [0.25, 0.3) is 0 Å². The molecule has 1 aromatic heterocycles.